The molecule has 1 heterocycles. The van der Waals surface area contributed by atoms with Crippen molar-refractivity contribution in [3.63, 3.8) is 0 Å². The van der Waals surface area contributed by atoms with Crippen molar-refractivity contribution in [3.8, 4) is 11.4 Å². The minimum atomic E-state index is -0.815. The van der Waals surface area contributed by atoms with Crippen LogP contribution in [0.25, 0.3) is 5.69 Å². The van der Waals surface area contributed by atoms with E-state index in [2.05, 4.69) is 5.10 Å². The van der Waals surface area contributed by atoms with Crippen molar-refractivity contribution in [3.05, 3.63) is 46.1 Å². The van der Waals surface area contributed by atoms with Crippen molar-refractivity contribution in [2.45, 2.75) is 6.67 Å². The molecule has 1 N–H and O–H groups in total. The summed E-state index contributed by atoms with van der Waals surface area (Å²) in [4.78, 5) is 11.6. The van der Waals surface area contributed by atoms with Gasteiger partial charge in [-0.2, -0.15) is 9.78 Å². The number of hydrogen-bond donors (Lipinski definition) is 1. The molecule has 4 nitrogen and oxygen atoms in total. The van der Waals surface area contributed by atoms with Crippen LogP contribution in [0.1, 0.15) is 5.56 Å². The molecule has 0 radical (unpaired) electrons. The summed E-state index contributed by atoms with van der Waals surface area (Å²) >= 11 is 0. The quantitative estimate of drug-likeness (QED) is 0.751. The maximum Gasteiger partial charge on any atom is 0.271 e. The van der Waals surface area contributed by atoms with Crippen molar-refractivity contribution in [1.82, 2.24) is 9.78 Å². The molecular formula is C11H9BF2N2O2. The summed E-state index contributed by atoms with van der Waals surface area (Å²) in [5.74, 6) is -0.831. The lowest BCUT2D eigenvalue weighted by Crippen LogP contribution is -2.22. The summed E-state index contributed by atoms with van der Waals surface area (Å²) < 4.78 is 26.8. The van der Waals surface area contributed by atoms with Gasteiger partial charge in [0.05, 0.1) is 6.20 Å². The Morgan fingerprint density at radius 1 is 1.39 bits per heavy atom. The van der Waals surface area contributed by atoms with E-state index in [4.69, 9.17) is 0 Å². The van der Waals surface area contributed by atoms with Crippen LogP contribution >= 0.6 is 0 Å². The zero-order valence-electron chi connectivity index (χ0n) is 9.52. The van der Waals surface area contributed by atoms with E-state index in [9.17, 15) is 18.7 Å². The van der Waals surface area contributed by atoms with Crippen molar-refractivity contribution in [2.75, 3.05) is 0 Å². The lowest BCUT2D eigenvalue weighted by Gasteiger charge is -2.08. The lowest BCUT2D eigenvalue weighted by atomic mass is 9.94. The molecule has 92 valence electrons. The third-order valence-corrected chi connectivity index (χ3v) is 2.50. The van der Waals surface area contributed by atoms with E-state index in [0.29, 0.717) is 5.46 Å². The predicted molar refractivity (Wildman–Crippen MR) is 64.4 cm³/mol. The fourth-order valence-corrected chi connectivity index (χ4v) is 1.51. The second kappa shape index (κ2) is 4.60. The summed E-state index contributed by atoms with van der Waals surface area (Å²) in [6.07, 6.45) is 1.14. The van der Waals surface area contributed by atoms with Crippen LogP contribution < -0.4 is 11.0 Å². The second-order valence-corrected chi connectivity index (χ2v) is 3.84. The topological polar surface area (TPSA) is 55.1 Å². The molecule has 1 aromatic heterocycles. The Hall–Kier alpha value is -2.18. The summed E-state index contributed by atoms with van der Waals surface area (Å²) in [6.45, 7) is -0.815. The van der Waals surface area contributed by atoms with Gasteiger partial charge in [-0.25, -0.2) is 8.78 Å². The van der Waals surface area contributed by atoms with Crippen LogP contribution in [0, 0.1) is 5.82 Å². The Balaban J connectivity index is 2.62. The van der Waals surface area contributed by atoms with E-state index in [-0.39, 0.29) is 17.0 Å². The Morgan fingerprint density at radius 2 is 2.11 bits per heavy atom. The highest BCUT2D eigenvalue weighted by molar-refractivity contribution is 6.34. The fraction of sp³-hybridized carbons (Fsp3) is 0.0909. The van der Waals surface area contributed by atoms with Gasteiger partial charge >= 0.3 is 0 Å². The maximum absolute atomic E-state index is 13.7. The number of aromatic hydroxyl groups is 1. The number of aromatic nitrogens is 2. The number of hydrogen-bond acceptors (Lipinski definition) is 3. The minimum Gasteiger partial charge on any atom is -0.508 e. The molecule has 2 aromatic rings. The Kier molecular flexibility index (Phi) is 3.14. The lowest BCUT2D eigenvalue weighted by molar-refractivity contribution is 0.475. The smallest absolute Gasteiger partial charge is 0.271 e. The van der Waals surface area contributed by atoms with Crippen molar-refractivity contribution >= 4 is 13.3 Å². The molecule has 18 heavy (non-hydrogen) atoms. The van der Waals surface area contributed by atoms with Gasteiger partial charge in [-0.05, 0) is 11.5 Å². The molecule has 0 saturated heterocycles. The molecule has 0 unspecified atom stereocenters. The van der Waals surface area contributed by atoms with E-state index in [1.807, 2.05) is 0 Å². The van der Waals surface area contributed by atoms with E-state index in [0.717, 1.165) is 29.1 Å². The average molecular weight is 250 g/mol. The van der Waals surface area contributed by atoms with Crippen molar-refractivity contribution in [2.24, 2.45) is 0 Å². The van der Waals surface area contributed by atoms with Crippen LogP contribution in [0.15, 0.2) is 29.2 Å². The molecule has 0 bridgehead atoms. The van der Waals surface area contributed by atoms with Crippen molar-refractivity contribution in [1.29, 1.82) is 0 Å². The van der Waals surface area contributed by atoms with Gasteiger partial charge in [0.25, 0.3) is 5.56 Å². The normalized spacial score (nSPS) is 10.6. The largest absolute Gasteiger partial charge is 0.508 e. The van der Waals surface area contributed by atoms with Gasteiger partial charge in [0, 0.05) is 17.7 Å². The van der Waals surface area contributed by atoms with Crippen LogP contribution in [0.2, 0.25) is 0 Å². The predicted octanol–water partition coefficient (Wildman–Crippen LogP) is -0.195. The molecule has 1 aromatic carbocycles. The van der Waals surface area contributed by atoms with Gasteiger partial charge in [0.1, 0.15) is 31.8 Å². The van der Waals surface area contributed by atoms with Crippen LogP contribution in [-0.2, 0) is 6.67 Å². The summed E-state index contributed by atoms with van der Waals surface area (Å²) in [5.41, 5.74) is -0.363. The summed E-state index contributed by atoms with van der Waals surface area (Å²) in [6, 6.07) is 3.24. The van der Waals surface area contributed by atoms with Crippen LogP contribution in [0.4, 0.5) is 8.78 Å². The van der Waals surface area contributed by atoms with E-state index < -0.39 is 18.1 Å². The molecule has 0 amide bonds. The van der Waals surface area contributed by atoms with Gasteiger partial charge in [-0.3, -0.25) is 4.79 Å². The Morgan fingerprint density at radius 3 is 2.72 bits per heavy atom. The van der Waals surface area contributed by atoms with Gasteiger partial charge in [0.2, 0.25) is 0 Å². The molecule has 2 rings (SSSR count). The van der Waals surface area contributed by atoms with Crippen LogP contribution in [0.3, 0.4) is 0 Å². The number of benzene rings is 1. The average Bonchev–Trinajstić information content (AvgIpc) is 2.34. The van der Waals surface area contributed by atoms with Gasteiger partial charge in [-0.1, -0.05) is 0 Å². The first-order chi connectivity index (χ1) is 8.52. The zero-order chi connectivity index (χ0) is 13.3. The number of phenolic OH excluding ortho intramolecular Hbond substituents is 1. The Bertz CT molecular complexity index is 658. The number of nitrogens with zero attached hydrogens (tertiary/aromatic N) is 2. The van der Waals surface area contributed by atoms with Gasteiger partial charge in [-0.15, -0.1) is 0 Å². The van der Waals surface area contributed by atoms with E-state index >= 15 is 0 Å². The first-order valence-electron chi connectivity index (χ1n) is 5.16. The number of alkyl halides is 1. The second-order valence-electron chi connectivity index (χ2n) is 3.84. The fourth-order valence-electron chi connectivity index (χ4n) is 1.51. The molecule has 0 fully saturated rings. The van der Waals surface area contributed by atoms with Crippen molar-refractivity contribution < 1.29 is 13.9 Å². The highest BCUT2D eigenvalue weighted by Gasteiger charge is 2.11. The first kappa shape index (κ1) is 12.3. The van der Waals surface area contributed by atoms with Crippen LogP contribution in [-0.4, -0.2) is 22.7 Å². The zero-order valence-corrected chi connectivity index (χ0v) is 9.52. The van der Waals surface area contributed by atoms with Gasteiger partial charge < -0.3 is 5.11 Å². The highest BCUT2D eigenvalue weighted by atomic mass is 19.1. The number of halogens is 2. The third kappa shape index (κ3) is 2.11. The standard InChI is InChI=1S/C11H9BF2N2O2/c12-7-2-8(14)9(3-10(7)17)16-11(18)1-6(4-13)5-15-16/h1-3,5,17H,4,12H2. The summed E-state index contributed by atoms with van der Waals surface area (Å²) in [7, 11) is 1.53. The number of phenols is 1. The molecule has 0 saturated carbocycles. The highest BCUT2D eigenvalue weighted by Crippen LogP contribution is 2.15. The summed E-state index contributed by atoms with van der Waals surface area (Å²) in [5, 5.41) is 13.2. The Labute approximate surface area is 102 Å². The molecule has 7 heteroatoms. The molecular weight excluding hydrogens is 241 g/mol. The molecule has 0 aliphatic rings. The monoisotopic (exact) mass is 250 g/mol. The molecule has 0 aliphatic carbocycles. The van der Waals surface area contributed by atoms with E-state index in [1.54, 1.807) is 0 Å². The number of rotatable bonds is 2. The molecule has 0 spiro atoms. The molecule has 0 aliphatic heterocycles. The third-order valence-electron chi connectivity index (χ3n) is 2.50. The minimum absolute atomic E-state index is 0.119. The van der Waals surface area contributed by atoms with Gasteiger partial charge in [0.15, 0.2) is 0 Å². The van der Waals surface area contributed by atoms with E-state index in [1.165, 1.54) is 7.85 Å². The SMILES string of the molecule is Bc1cc(F)c(-n2ncc(CF)cc2=O)cc1O. The first-order valence-corrected chi connectivity index (χ1v) is 5.16. The maximum atomic E-state index is 13.7. The molecule has 0 atom stereocenters. The van der Waals surface area contributed by atoms with Crippen LogP contribution in [0.5, 0.6) is 5.75 Å².